The predicted molar refractivity (Wildman–Crippen MR) is 90.6 cm³/mol. The fourth-order valence-corrected chi connectivity index (χ4v) is 3.05. The molecule has 0 spiro atoms. The summed E-state index contributed by atoms with van der Waals surface area (Å²) >= 11 is 1.64. The molecule has 116 valence electrons. The molecule has 0 saturated carbocycles. The van der Waals surface area contributed by atoms with Gasteiger partial charge in [0.2, 0.25) is 5.91 Å². The molecule has 1 aromatic carbocycles. The molecule has 2 aromatic heterocycles. The molecule has 5 nitrogen and oxygen atoms in total. The lowest BCUT2D eigenvalue weighted by atomic mass is 10.1. The van der Waals surface area contributed by atoms with E-state index in [2.05, 4.69) is 5.10 Å². The van der Waals surface area contributed by atoms with Gasteiger partial charge in [0.15, 0.2) is 0 Å². The van der Waals surface area contributed by atoms with Crippen molar-refractivity contribution >= 4 is 17.2 Å². The number of thiophene rings is 1. The van der Waals surface area contributed by atoms with Crippen molar-refractivity contribution < 1.29 is 4.79 Å². The Morgan fingerprint density at radius 1 is 1.13 bits per heavy atom. The van der Waals surface area contributed by atoms with E-state index >= 15 is 0 Å². The molecule has 0 aliphatic heterocycles. The van der Waals surface area contributed by atoms with Crippen molar-refractivity contribution in [2.24, 2.45) is 5.73 Å². The fourth-order valence-electron chi connectivity index (χ4n) is 2.21. The van der Waals surface area contributed by atoms with Crippen molar-refractivity contribution in [2.45, 2.75) is 13.5 Å². The standard InChI is InChI=1S/C17H15N3O2S/c1-11-2-8-15(23-11)14-7-9-16(21)20(19-14)10-12-3-5-13(6-4-12)17(18)22/h2-9H,10H2,1H3,(H2,18,22). The van der Waals surface area contributed by atoms with E-state index in [4.69, 9.17) is 5.73 Å². The van der Waals surface area contributed by atoms with Crippen molar-refractivity contribution in [3.8, 4) is 10.6 Å². The van der Waals surface area contributed by atoms with Crippen LogP contribution < -0.4 is 11.3 Å². The molecular formula is C17H15N3O2S. The van der Waals surface area contributed by atoms with Crippen LogP contribution in [0.4, 0.5) is 0 Å². The van der Waals surface area contributed by atoms with E-state index in [9.17, 15) is 9.59 Å². The van der Waals surface area contributed by atoms with Crippen LogP contribution in [0.2, 0.25) is 0 Å². The summed E-state index contributed by atoms with van der Waals surface area (Å²) in [5.41, 5.74) is 7.15. The minimum atomic E-state index is -0.470. The Kier molecular flexibility index (Phi) is 4.08. The van der Waals surface area contributed by atoms with Gasteiger partial charge in [0.05, 0.1) is 11.4 Å². The quantitative estimate of drug-likeness (QED) is 0.800. The number of hydrogen-bond acceptors (Lipinski definition) is 4. The topological polar surface area (TPSA) is 78.0 Å². The maximum Gasteiger partial charge on any atom is 0.267 e. The van der Waals surface area contributed by atoms with Crippen LogP contribution in [-0.4, -0.2) is 15.7 Å². The molecule has 0 fully saturated rings. The second-order valence-electron chi connectivity index (χ2n) is 5.19. The van der Waals surface area contributed by atoms with Crippen LogP contribution in [0.25, 0.3) is 10.6 Å². The van der Waals surface area contributed by atoms with Gasteiger partial charge in [-0.05, 0) is 42.8 Å². The van der Waals surface area contributed by atoms with Crippen LogP contribution in [-0.2, 0) is 6.54 Å². The molecule has 0 aliphatic rings. The number of hydrogen-bond donors (Lipinski definition) is 1. The minimum Gasteiger partial charge on any atom is -0.366 e. The van der Waals surface area contributed by atoms with E-state index in [0.29, 0.717) is 12.1 Å². The molecule has 0 atom stereocenters. The van der Waals surface area contributed by atoms with Gasteiger partial charge < -0.3 is 5.73 Å². The molecular weight excluding hydrogens is 310 g/mol. The molecule has 0 aliphatic carbocycles. The van der Waals surface area contributed by atoms with Gasteiger partial charge in [-0.1, -0.05) is 12.1 Å². The first kappa shape index (κ1) is 15.2. The zero-order chi connectivity index (χ0) is 16.4. The molecule has 0 saturated heterocycles. The number of nitrogens with zero attached hydrogens (tertiary/aromatic N) is 2. The molecule has 1 amide bonds. The first-order valence-corrected chi connectivity index (χ1v) is 7.88. The normalized spacial score (nSPS) is 10.7. The fraction of sp³-hybridized carbons (Fsp3) is 0.118. The van der Waals surface area contributed by atoms with E-state index in [-0.39, 0.29) is 5.56 Å². The lowest BCUT2D eigenvalue weighted by Gasteiger charge is -2.07. The third kappa shape index (κ3) is 3.37. The summed E-state index contributed by atoms with van der Waals surface area (Å²) < 4.78 is 1.42. The summed E-state index contributed by atoms with van der Waals surface area (Å²) in [6.45, 7) is 2.38. The molecule has 6 heteroatoms. The number of carbonyl (C=O) groups excluding carboxylic acids is 1. The van der Waals surface area contributed by atoms with E-state index in [1.165, 1.54) is 15.6 Å². The Hall–Kier alpha value is -2.73. The Morgan fingerprint density at radius 2 is 1.87 bits per heavy atom. The van der Waals surface area contributed by atoms with Gasteiger partial charge in [0, 0.05) is 16.5 Å². The number of aromatic nitrogens is 2. The Balaban J connectivity index is 1.90. The molecule has 3 rings (SSSR count). The zero-order valence-corrected chi connectivity index (χ0v) is 13.3. The van der Waals surface area contributed by atoms with Gasteiger partial charge >= 0.3 is 0 Å². The molecule has 3 aromatic rings. The first-order chi connectivity index (χ1) is 11.0. The molecule has 2 heterocycles. The second kappa shape index (κ2) is 6.18. The minimum absolute atomic E-state index is 0.166. The monoisotopic (exact) mass is 325 g/mol. The highest BCUT2D eigenvalue weighted by Crippen LogP contribution is 2.25. The lowest BCUT2D eigenvalue weighted by molar-refractivity contribution is 0.100. The van der Waals surface area contributed by atoms with E-state index in [1.807, 2.05) is 19.1 Å². The lowest BCUT2D eigenvalue weighted by Crippen LogP contribution is -2.22. The van der Waals surface area contributed by atoms with Gasteiger partial charge in [0.1, 0.15) is 5.69 Å². The maximum atomic E-state index is 12.0. The van der Waals surface area contributed by atoms with E-state index < -0.39 is 5.91 Å². The van der Waals surface area contributed by atoms with Gasteiger partial charge in [-0.2, -0.15) is 5.10 Å². The third-order valence-electron chi connectivity index (χ3n) is 3.43. The van der Waals surface area contributed by atoms with Crippen molar-refractivity contribution in [2.75, 3.05) is 0 Å². The largest absolute Gasteiger partial charge is 0.366 e. The first-order valence-electron chi connectivity index (χ1n) is 7.06. The molecule has 0 unspecified atom stereocenters. The average Bonchev–Trinajstić information content (AvgIpc) is 2.96. The SMILES string of the molecule is Cc1ccc(-c2ccc(=O)n(Cc3ccc(C(N)=O)cc3)n2)s1. The number of primary amides is 1. The number of benzene rings is 1. The van der Waals surface area contributed by atoms with Crippen LogP contribution in [0.1, 0.15) is 20.8 Å². The Morgan fingerprint density at radius 3 is 2.48 bits per heavy atom. The summed E-state index contributed by atoms with van der Waals surface area (Å²) in [7, 11) is 0. The van der Waals surface area contributed by atoms with Crippen molar-refractivity contribution in [1.82, 2.24) is 9.78 Å². The number of rotatable bonds is 4. The van der Waals surface area contributed by atoms with Crippen LogP contribution in [0.5, 0.6) is 0 Å². The van der Waals surface area contributed by atoms with Gasteiger partial charge in [-0.15, -0.1) is 11.3 Å². The number of aryl methyl sites for hydroxylation is 1. The number of nitrogens with two attached hydrogens (primary N) is 1. The summed E-state index contributed by atoms with van der Waals surface area (Å²) in [6, 6.07) is 14.1. The van der Waals surface area contributed by atoms with Gasteiger partial charge in [-0.3, -0.25) is 9.59 Å². The highest BCUT2D eigenvalue weighted by Gasteiger charge is 2.07. The Labute approximate surface area is 137 Å². The van der Waals surface area contributed by atoms with Crippen molar-refractivity contribution in [1.29, 1.82) is 0 Å². The van der Waals surface area contributed by atoms with Crippen LogP contribution in [0.3, 0.4) is 0 Å². The zero-order valence-electron chi connectivity index (χ0n) is 12.5. The average molecular weight is 325 g/mol. The molecule has 23 heavy (non-hydrogen) atoms. The predicted octanol–water partition coefficient (Wildman–Crippen LogP) is 2.43. The number of amides is 1. The highest BCUT2D eigenvalue weighted by atomic mass is 32.1. The van der Waals surface area contributed by atoms with Crippen LogP contribution in [0, 0.1) is 6.92 Å². The molecule has 0 bridgehead atoms. The number of carbonyl (C=O) groups is 1. The van der Waals surface area contributed by atoms with Gasteiger partial charge in [0.25, 0.3) is 5.56 Å². The molecule has 2 N–H and O–H groups in total. The van der Waals surface area contributed by atoms with E-state index in [1.54, 1.807) is 41.7 Å². The van der Waals surface area contributed by atoms with E-state index in [0.717, 1.165) is 16.1 Å². The smallest absolute Gasteiger partial charge is 0.267 e. The maximum absolute atomic E-state index is 12.0. The van der Waals surface area contributed by atoms with Crippen molar-refractivity contribution in [3.05, 3.63) is 74.9 Å². The summed E-state index contributed by atoms with van der Waals surface area (Å²) in [4.78, 5) is 25.3. The van der Waals surface area contributed by atoms with Crippen LogP contribution in [0.15, 0.2) is 53.3 Å². The van der Waals surface area contributed by atoms with Gasteiger partial charge in [-0.25, -0.2) is 4.68 Å². The van der Waals surface area contributed by atoms with Crippen molar-refractivity contribution in [3.63, 3.8) is 0 Å². The highest BCUT2D eigenvalue weighted by molar-refractivity contribution is 7.15. The second-order valence-corrected chi connectivity index (χ2v) is 6.47. The Bertz CT molecular complexity index is 910. The summed E-state index contributed by atoms with van der Waals surface area (Å²) in [5, 5.41) is 4.43. The third-order valence-corrected chi connectivity index (χ3v) is 4.45. The summed E-state index contributed by atoms with van der Waals surface area (Å²) in [6.07, 6.45) is 0. The van der Waals surface area contributed by atoms with Crippen LogP contribution >= 0.6 is 11.3 Å². The summed E-state index contributed by atoms with van der Waals surface area (Å²) in [5.74, 6) is -0.470. The molecule has 0 radical (unpaired) electrons.